The van der Waals surface area contributed by atoms with Crippen molar-refractivity contribution in [2.75, 3.05) is 44.2 Å². The van der Waals surface area contributed by atoms with E-state index in [2.05, 4.69) is 16.3 Å². The summed E-state index contributed by atoms with van der Waals surface area (Å²) in [6, 6.07) is 10.1. The van der Waals surface area contributed by atoms with Gasteiger partial charge in [-0.15, -0.1) is 0 Å². The van der Waals surface area contributed by atoms with Crippen LogP contribution in [0.15, 0.2) is 41.0 Å². The van der Waals surface area contributed by atoms with Gasteiger partial charge >= 0.3 is 6.03 Å². The highest BCUT2D eigenvalue weighted by molar-refractivity contribution is 5.96. The first kappa shape index (κ1) is 19.2. The molecule has 3 amide bonds. The number of fused-ring (bicyclic) bond motifs is 2. The summed E-state index contributed by atoms with van der Waals surface area (Å²) in [6.45, 7) is 3.89. The van der Waals surface area contributed by atoms with E-state index in [1.807, 2.05) is 34.1 Å². The van der Waals surface area contributed by atoms with E-state index in [1.54, 1.807) is 6.26 Å². The van der Waals surface area contributed by atoms with Crippen molar-refractivity contribution in [1.29, 1.82) is 0 Å². The van der Waals surface area contributed by atoms with E-state index in [1.165, 1.54) is 5.56 Å². The molecule has 3 heterocycles. The third-order valence-corrected chi connectivity index (χ3v) is 6.56. The number of para-hydroxylation sites is 1. The number of benzene rings is 1. The van der Waals surface area contributed by atoms with Crippen molar-refractivity contribution >= 4 is 17.6 Å². The zero-order valence-electron chi connectivity index (χ0n) is 17.2. The molecule has 1 aromatic carbocycles. The Labute approximate surface area is 176 Å². The van der Waals surface area contributed by atoms with Crippen molar-refractivity contribution in [2.24, 2.45) is 0 Å². The van der Waals surface area contributed by atoms with Crippen LogP contribution in [0.4, 0.5) is 10.5 Å². The van der Waals surface area contributed by atoms with Gasteiger partial charge in [-0.05, 0) is 37.0 Å². The first-order valence-electron chi connectivity index (χ1n) is 10.9. The molecule has 1 saturated heterocycles. The maximum atomic E-state index is 12.8. The molecule has 5 rings (SSSR count). The lowest BCUT2D eigenvalue weighted by Gasteiger charge is -2.36. The van der Waals surface area contributed by atoms with Gasteiger partial charge < -0.3 is 19.5 Å². The molecule has 3 aliphatic rings. The maximum absolute atomic E-state index is 12.8. The van der Waals surface area contributed by atoms with Gasteiger partial charge in [0.05, 0.1) is 18.8 Å². The lowest BCUT2D eigenvalue weighted by atomic mass is 9.93. The number of urea groups is 1. The summed E-state index contributed by atoms with van der Waals surface area (Å²) in [5.41, 5.74) is 3.41. The second-order valence-electron chi connectivity index (χ2n) is 8.38. The molecule has 0 saturated carbocycles. The molecule has 30 heavy (non-hydrogen) atoms. The fraction of sp³-hybridized carbons (Fsp3) is 0.478. The number of hydrogen-bond donors (Lipinski definition) is 1. The summed E-state index contributed by atoms with van der Waals surface area (Å²) in [4.78, 5) is 31.5. The van der Waals surface area contributed by atoms with E-state index in [4.69, 9.17) is 4.42 Å². The lowest BCUT2D eigenvalue weighted by Crippen LogP contribution is -2.54. The highest BCUT2D eigenvalue weighted by atomic mass is 16.3. The molecule has 158 valence electrons. The fourth-order valence-electron chi connectivity index (χ4n) is 4.86. The van der Waals surface area contributed by atoms with Crippen LogP contribution in [0.25, 0.3) is 0 Å². The summed E-state index contributed by atoms with van der Waals surface area (Å²) in [6.07, 6.45) is 5.56. The number of piperazine rings is 1. The summed E-state index contributed by atoms with van der Waals surface area (Å²) < 4.78 is 5.52. The Morgan fingerprint density at radius 3 is 2.73 bits per heavy atom. The molecular weight excluding hydrogens is 380 g/mol. The topological polar surface area (TPSA) is 69.0 Å². The Morgan fingerprint density at radius 2 is 1.87 bits per heavy atom. The number of aryl methyl sites for hydroxylation is 1. The number of carbonyl (C=O) groups is 2. The molecule has 1 aromatic heterocycles. The standard InChI is InChI=1S/C23H28N4O3/c28-22(27-10-8-17-4-1-2-6-20(17)27)16-25-11-13-26(14-12-25)23(29)24-19-5-3-7-21-18(19)9-15-30-21/h1-2,4,6,9,15,19H,3,5,7-8,10-14,16H2,(H,24,29). The van der Waals surface area contributed by atoms with Gasteiger partial charge in [-0.1, -0.05) is 18.2 Å². The number of carbonyl (C=O) groups excluding carboxylic acids is 2. The SMILES string of the molecule is O=C(NC1CCCc2occc21)N1CCN(CC(=O)N2CCc3ccccc32)CC1. The third-order valence-electron chi connectivity index (χ3n) is 6.56. The van der Waals surface area contributed by atoms with Crippen molar-refractivity contribution in [3.63, 3.8) is 0 Å². The molecule has 0 spiro atoms. The first-order valence-corrected chi connectivity index (χ1v) is 10.9. The van der Waals surface area contributed by atoms with Gasteiger partial charge in [-0.2, -0.15) is 0 Å². The van der Waals surface area contributed by atoms with Crippen molar-refractivity contribution in [1.82, 2.24) is 15.1 Å². The van der Waals surface area contributed by atoms with E-state index < -0.39 is 0 Å². The molecule has 0 radical (unpaired) electrons. The number of nitrogens with zero attached hydrogens (tertiary/aromatic N) is 3. The van der Waals surface area contributed by atoms with Crippen LogP contribution in [0.5, 0.6) is 0 Å². The van der Waals surface area contributed by atoms with Gasteiger partial charge in [0, 0.05) is 50.4 Å². The number of anilines is 1. The van der Waals surface area contributed by atoms with Crippen molar-refractivity contribution < 1.29 is 14.0 Å². The molecule has 7 heteroatoms. The first-order chi connectivity index (χ1) is 14.7. The minimum absolute atomic E-state index is 0.0199. The predicted molar refractivity (Wildman–Crippen MR) is 113 cm³/mol. The zero-order valence-corrected chi connectivity index (χ0v) is 17.2. The summed E-state index contributed by atoms with van der Waals surface area (Å²) in [5.74, 6) is 1.14. The smallest absolute Gasteiger partial charge is 0.317 e. The monoisotopic (exact) mass is 408 g/mol. The molecule has 2 aromatic rings. The Balaban J connectivity index is 1.12. The molecule has 2 aliphatic heterocycles. The second kappa shape index (κ2) is 8.14. The molecule has 1 unspecified atom stereocenters. The van der Waals surface area contributed by atoms with Gasteiger partial charge in [0.25, 0.3) is 0 Å². The van der Waals surface area contributed by atoms with Crippen molar-refractivity contribution in [3.8, 4) is 0 Å². The second-order valence-corrected chi connectivity index (χ2v) is 8.38. The number of hydrogen-bond acceptors (Lipinski definition) is 4. The predicted octanol–water partition coefficient (Wildman–Crippen LogP) is 2.57. The molecule has 1 N–H and O–H groups in total. The van der Waals surface area contributed by atoms with Gasteiger partial charge in [-0.3, -0.25) is 9.69 Å². The molecular formula is C23H28N4O3. The van der Waals surface area contributed by atoms with E-state index in [-0.39, 0.29) is 18.0 Å². The highest BCUT2D eigenvalue weighted by Gasteiger charge is 2.30. The Bertz CT molecular complexity index is 932. The van der Waals surface area contributed by atoms with Crippen LogP contribution >= 0.6 is 0 Å². The Hall–Kier alpha value is -2.80. The molecule has 0 bridgehead atoms. The molecule has 1 aliphatic carbocycles. The summed E-state index contributed by atoms with van der Waals surface area (Å²) >= 11 is 0. The fourth-order valence-corrected chi connectivity index (χ4v) is 4.86. The van der Waals surface area contributed by atoms with Gasteiger partial charge in [0.15, 0.2) is 0 Å². The molecule has 1 atom stereocenters. The Morgan fingerprint density at radius 1 is 1.03 bits per heavy atom. The number of furan rings is 1. The number of rotatable bonds is 3. The van der Waals surface area contributed by atoms with Crippen LogP contribution in [-0.2, 0) is 17.6 Å². The third kappa shape index (κ3) is 3.69. The Kier molecular flexibility index (Phi) is 5.21. The van der Waals surface area contributed by atoms with Crippen LogP contribution in [-0.4, -0.2) is 61.0 Å². The van der Waals surface area contributed by atoms with Gasteiger partial charge in [-0.25, -0.2) is 4.79 Å². The van der Waals surface area contributed by atoms with Crippen LogP contribution < -0.4 is 10.2 Å². The summed E-state index contributed by atoms with van der Waals surface area (Å²) in [7, 11) is 0. The minimum Gasteiger partial charge on any atom is -0.469 e. The summed E-state index contributed by atoms with van der Waals surface area (Å²) in [5, 5.41) is 3.18. The van der Waals surface area contributed by atoms with E-state index in [0.29, 0.717) is 19.6 Å². The average Bonchev–Trinajstić information content (AvgIpc) is 3.42. The van der Waals surface area contributed by atoms with Gasteiger partial charge in [0.1, 0.15) is 5.76 Å². The quantitative estimate of drug-likeness (QED) is 0.848. The number of nitrogens with one attached hydrogen (secondary N) is 1. The highest BCUT2D eigenvalue weighted by Crippen LogP contribution is 2.30. The normalized spacial score (nSPS) is 21.3. The zero-order chi connectivity index (χ0) is 20.5. The van der Waals surface area contributed by atoms with E-state index >= 15 is 0 Å². The van der Waals surface area contributed by atoms with Crippen LogP contribution in [0.1, 0.15) is 35.8 Å². The minimum atomic E-state index is -0.0199. The molecule has 1 fully saturated rings. The lowest BCUT2D eigenvalue weighted by molar-refractivity contribution is -0.120. The van der Waals surface area contributed by atoms with Crippen LogP contribution in [0.3, 0.4) is 0 Å². The largest absolute Gasteiger partial charge is 0.469 e. The van der Waals surface area contributed by atoms with Crippen LogP contribution in [0, 0.1) is 0 Å². The van der Waals surface area contributed by atoms with Crippen molar-refractivity contribution in [3.05, 3.63) is 53.5 Å². The maximum Gasteiger partial charge on any atom is 0.317 e. The van der Waals surface area contributed by atoms with E-state index in [9.17, 15) is 9.59 Å². The van der Waals surface area contributed by atoms with Crippen molar-refractivity contribution in [2.45, 2.75) is 31.7 Å². The molecule has 7 nitrogen and oxygen atoms in total. The van der Waals surface area contributed by atoms with E-state index in [0.717, 1.165) is 62.3 Å². The average molecular weight is 409 g/mol. The number of amides is 3. The van der Waals surface area contributed by atoms with Crippen LogP contribution in [0.2, 0.25) is 0 Å². The van der Waals surface area contributed by atoms with Gasteiger partial charge in [0.2, 0.25) is 5.91 Å².